The maximum atomic E-state index is 15.1. The fourth-order valence-corrected chi connectivity index (χ4v) is 4.99. The molecule has 224 valence electrons. The second-order valence-electron chi connectivity index (χ2n) is 9.75. The molecule has 0 atom stereocenters. The number of halogens is 6. The number of fused-ring (bicyclic) bond motifs is 2. The summed E-state index contributed by atoms with van der Waals surface area (Å²) in [6.07, 6.45) is -1.11. The van der Waals surface area contributed by atoms with E-state index in [1.165, 1.54) is 57.7 Å². The number of rotatable bonds is 7. The number of pyridine rings is 1. The van der Waals surface area contributed by atoms with Gasteiger partial charge in [0.25, 0.3) is 5.91 Å². The fraction of sp³-hybridized carbons (Fsp3) is 0.207. The van der Waals surface area contributed by atoms with E-state index in [1.807, 2.05) is 11.8 Å². The van der Waals surface area contributed by atoms with Crippen molar-refractivity contribution in [3.05, 3.63) is 107 Å². The highest BCUT2D eigenvalue weighted by atomic mass is 35.5. The molecule has 0 saturated heterocycles. The number of anilines is 1. The van der Waals surface area contributed by atoms with Crippen LogP contribution in [0.2, 0.25) is 0 Å². The second kappa shape index (κ2) is 11.6. The molecule has 3 aromatic heterocycles. The van der Waals surface area contributed by atoms with Gasteiger partial charge in [-0.15, -0.1) is 25.6 Å². The Hall–Kier alpha value is -4.65. The molecule has 4 heterocycles. The Balaban J connectivity index is 0.00000368. The van der Waals surface area contributed by atoms with E-state index in [4.69, 9.17) is 0 Å². The molecule has 0 fully saturated rings. The van der Waals surface area contributed by atoms with Crippen molar-refractivity contribution in [2.24, 2.45) is 0 Å². The van der Waals surface area contributed by atoms with E-state index >= 15 is 4.39 Å². The van der Waals surface area contributed by atoms with E-state index in [0.29, 0.717) is 47.8 Å². The number of hydrogen-bond acceptors (Lipinski definition) is 5. The zero-order valence-electron chi connectivity index (χ0n) is 22.5. The van der Waals surface area contributed by atoms with Crippen LogP contribution in [0.5, 0.6) is 5.75 Å². The summed E-state index contributed by atoms with van der Waals surface area (Å²) in [6, 6.07) is 12.7. The third-order valence-corrected chi connectivity index (χ3v) is 6.94. The lowest BCUT2D eigenvalue weighted by atomic mass is 10.2. The molecule has 6 rings (SSSR count). The first-order valence-electron chi connectivity index (χ1n) is 13.0. The lowest BCUT2D eigenvalue weighted by Crippen LogP contribution is -2.25. The predicted molar refractivity (Wildman–Crippen MR) is 149 cm³/mol. The number of amides is 1. The van der Waals surface area contributed by atoms with E-state index < -0.39 is 23.9 Å². The minimum absolute atomic E-state index is 0. The van der Waals surface area contributed by atoms with Crippen LogP contribution in [0.4, 0.5) is 27.6 Å². The highest BCUT2D eigenvalue weighted by Gasteiger charge is 2.31. The van der Waals surface area contributed by atoms with E-state index in [0.717, 1.165) is 11.3 Å². The first kappa shape index (κ1) is 29.8. The standard InChI is InChI=1S/C29H23F5N6O2.ClH/c1-2-23-27(39-10-9-19(30)12-26(39)36-23)28(41)35-13-17-3-8-25(22(31)11-17)40-15-18-14-38(16-24(18)37-40)20-4-6-21(7-5-20)42-29(32,33)34;/h3-12,15H,2,13-14,16H2,1H3,(H,35,41);1H. The van der Waals surface area contributed by atoms with Crippen molar-refractivity contribution in [2.75, 3.05) is 4.90 Å². The molecule has 1 aliphatic rings. The number of carbonyl (C=O) groups is 1. The van der Waals surface area contributed by atoms with Crippen LogP contribution in [0.3, 0.4) is 0 Å². The van der Waals surface area contributed by atoms with E-state index in [9.17, 15) is 22.4 Å². The average Bonchev–Trinajstić information content (AvgIpc) is 3.62. The molecule has 5 aromatic rings. The molecule has 0 aliphatic carbocycles. The van der Waals surface area contributed by atoms with Crippen LogP contribution in [0.15, 0.2) is 67.0 Å². The third kappa shape index (κ3) is 6.12. The lowest BCUT2D eigenvalue weighted by Gasteiger charge is -2.18. The third-order valence-electron chi connectivity index (χ3n) is 6.94. The Morgan fingerprint density at radius 1 is 1.05 bits per heavy atom. The molecule has 1 aliphatic heterocycles. The minimum atomic E-state index is -4.76. The van der Waals surface area contributed by atoms with Crippen molar-refractivity contribution in [3.8, 4) is 11.4 Å². The van der Waals surface area contributed by atoms with Crippen molar-refractivity contribution in [1.82, 2.24) is 24.5 Å². The van der Waals surface area contributed by atoms with Crippen molar-refractivity contribution in [2.45, 2.75) is 39.3 Å². The van der Waals surface area contributed by atoms with Crippen LogP contribution >= 0.6 is 12.4 Å². The van der Waals surface area contributed by atoms with Crippen molar-refractivity contribution >= 4 is 29.6 Å². The number of benzene rings is 2. The molecular formula is C29H24ClF5N6O2. The zero-order valence-corrected chi connectivity index (χ0v) is 23.3. The first-order valence-corrected chi connectivity index (χ1v) is 13.0. The quantitative estimate of drug-likeness (QED) is 0.222. The molecule has 0 radical (unpaired) electrons. The van der Waals surface area contributed by atoms with E-state index in [-0.39, 0.29) is 30.4 Å². The highest BCUT2D eigenvalue weighted by molar-refractivity contribution is 5.94. The number of nitrogens with zero attached hydrogens (tertiary/aromatic N) is 5. The summed E-state index contributed by atoms with van der Waals surface area (Å²) in [6.45, 7) is 2.77. The number of hydrogen-bond donors (Lipinski definition) is 1. The van der Waals surface area contributed by atoms with Gasteiger partial charge in [-0.2, -0.15) is 5.10 Å². The Bertz CT molecular complexity index is 1780. The maximum Gasteiger partial charge on any atom is 0.573 e. The zero-order chi connectivity index (χ0) is 29.6. The molecule has 0 spiro atoms. The molecule has 8 nitrogen and oxygen atoms in total. The van der Waals surface area contributed by atoms with Gasteiger partial charge in [0.15, 0.2) is 0 Å². The van der Waals surface area contributed by atoms with Crippen LogP contribution in [-0.4, -0.2) is 31.4 Å². The summed E-state index contributed by atoms with van der Waals surface area (Å²) < 4.78 is 72.9. The Morgan fingerprint density at radius 3 is 2.49 bits per heavy atom. The molecular weight excluding hydrogens is 595 g/mol. The van der Waals surface area contributed by atoms with Crippen LogP contribution in [0.25, 0.3) is 11.3 Å². The van der Waals surface area contributed by atoms with Gasteiger partial charge in [0.2, 0.25) is 0 Å². The number of ether oxygens (including phenoxy) is 1. The second-order valence-corrected chi connectivity index (χ2v) is 9.75. The molecule has 2 aromatic carbocycles. The summed E-state index contributed by atoms with van der Waals surface area (Å²) in [5.74, 6) is -1.69. The number of imidazole rings is 1. The number of alkyl halides is 3. The maximum absolute atomic E-state index is 15.1. The van der Waals surface area contributed by atoms with Crippen LogP contribution < -0.4 is 15.0 Å². The van der Waals surface area contributed by atoms with Gasteiger partial charge in [-0.25, -0.2) is 18.4 Å². The molecule has 43 heavy (non-hydrogen) atoms. The molecule has 1 amide bonds. The molecule has 0 bridgehead atoms. The van der Waals surface area contributed by atoms with E-state index in [2.05, 4.69) is 20.1 Å². The molecule has 14 heteroatoms. The Kier molecular flexibility index (Phi) is 8.02. The smallest absolute Gasteiger partial charge is 0.406 e. The van der Waals surface area contributed by atoms with Crippen molar-refractivity contribution in [3.63, 3.8) is 0 Å². The highest BCUT2D eigenvalue weighted by Crippen LogP contribution is 2.31. The van der Waals surface area contributed by atoms with E-state index in [1.54, 1.807) is 18.3 Å². The number of carbonyl (C=O) groups excluding carboxylic acids is 1. The summed E-state index contributed by atoms with van der Waals surface area (Å²) in [5, 5.41) is 7.29. The average molecular weight is 619 g/mol. The first-order chi connectivity index (χ1) is 20.1. The monoisotopic (exact) mass is 618 g/mol. The topological polar surface area (TPSA) is 76.7 Å². The van der Waals surface area contributed by atoms with Gasteiger partial charge in [0.05, 0.1) is 17.9 Å². The van der Waals surface area contributed by atoms with Crippen molar-refractivity contribution < 1.29 is 31.5 Å². The molecule has 0 unspecified atom stereocenters. The van der Waals surface area contributed by atoms with Crippen LogP contribution in [0, 0.1) is 11.6 Å². The molecule has 1 N–H and O–H groups in total. The summed E-state index contributed by atoms with van der Waals surface area (Å²) >= 11 is 0. The number of aryl methyl sites for hydroxylation is 1. The minimum Gasteiger partial charge on any atom is -0.406 e. The van der Waals surface area contributed by atoms with Crippen LogP contribution in [-0.2, 0) is 26.1 Å². The van der Waals surface area contributed by atoms with Crippen molar-refractivity contribution in [1.29, 1.82) is 0 Å². The molecule has 0 saturated carbocycles. The van der Waals surface area contributed by atoms with Gasteiger partial charge >= 0.3 is 6.36 Å². The van der Waals surface area contributed by atoms with Gasteiger partial charge < -0.3 is 15.0 Å². The summed E-state index contributed by atoms with van der Waals surface area (Å²) in [7, 11) is 0. The Labute approximate surface area is 248 Å². The summed E-state index contributed by atoms with van der Waals surface area (Å²) in [5.41, 5.74) is 4.21. The van der Waals surface area contributed by atoms with Gasteiger partial charge in [0.1, 0.15) is 34.4 Å². The fourth-order valence-electron chi connectivity index (χ4n) is 4.99. The summed E-state index contributed by atoms with van der Waals surface area (Å²) in [4.78, 5) is 19.3. The SMILES string of the molecule is CCc1nc2cc(F)ccn2c1C(=O)NCc1ccc(-n2cc3c(n2)CN(c2ccc(OC(F)(F)F)cc2)C3)c(F)c1.Cl. The predicted octanol–water partition coefficient (Wildman–Crippen LogP) is 6.13. The largest absolute Gasteiger partial charge is 0.573 e. The Morgan fingerprint density at radius 2 is 1.81 bits per heavy atom. The van der Waals surface area contributed by atoms with Gasteiger partial charge in [-0.1, -0.05) is 13.0 Å². The van der Waals surface area contributed by atoms with Gasteiger partial charge in [0, 0.05) is 42.8 Å². The number of aromatic nitrogens is 4. The van der Waals surface area contributed by atoms with Crippen LogP contribution in [0.1, 0.15) is 39.9 Å². The number of nitrogens with one attached hydrogen (secondary N) is 1. The normalized spacial score (nSPS) is 12.7. The lowest BCUT2D eigenvalue weighted by molar-refractivity contribution is -0.274. The van der Waals surface area contributed by atoms with Gasteiger partial charge in [-0.05, 0) is 54.4 Å². The van der Waals surface area contributed by atoms with Gasteiger partial charge in [-0.3, -0.25) is 9.20 Å².